The van der Waals surface area contributed by atoms with E-state index in [2.05, 4.69) is 23.6 Å². The number of rotatable bonds is 5. The summed E-state index contributed by atoms with van der Waals surface area (Å²) >= 11 is 0. The number of hydrogen-bond donors (Lipinski definition) is 2. The van der Waals surface area contributed by atoms with E-state index in [9.17, 15) is 5.11 Å². The van der Waals surface area contributed by atoms with E-state index in [1.165, 1.54) is 5.56 Å². The number of aliphatic hydroxyl groups excluding tert-OH is 1. The van der Waals surface area contributed by atoms with Crippen molar-refractivity contribution in [2.75, 3.05) is 5.73 Å². The Hall–Kier alpha value is -2.33. The molecule has 1 heterocycles. The van der Waals surface area contributed by atoms with Gasteiger partial charge in [-0.25, -0.2) is 9.13 Å². The molecular formula is C19H24N3O+. The summed E-state index contributed by atoms with van der Waals surface area (Å²) in [6, 6.07) is 16.2. The van der Waals surface area contributed by atoms with E-state index in [1.807, 2.05) is 47.9 Å². The van der Waals surface area contributed by atoms with Gasteiger partial charge in [-0.15, -0.1) is 0 Å². The van der Waals surface area contributed by atoms with Crippen LogP contribution in [-0.4, -0.2) is 9.67 Å². The number of aliphatic hydroxyl groups is 1. The fourth-order valence-corrected chi connectivity index (χ4v) is 3.03. The van der Waals surface area contributed by atoms with Gasteiger partial charge < -0.3 is 5.11 Å². The Kier molecular flexibility index (Phi) is 4.35. The van der Waals surface area contributed by atoms with Gasteiger partial charge in [0.05, 0.1) is 6.54 Å². The molecule has 4 heteroatoms. The topological polar surface area (TPSA) is 55.1 Å². The van der Waals surface area contributed by atoms with E-state index in [1.54, 1.807) is 0 Å². The molecule has 0 unspecified atom stereocenters. The third-order valence-electron chi connectivity index (χ3n) is 4.28. The normalized spacial score (nSPS) is 12.7. The molecule has 0 bridgehead atoms. The Morgan fingerprint density at radius 1 is 1.13 bits per heavy atom. The summed E-state index contributed by atoms with van der Waals surface area (Å²) in [6.45, 7) is 5.51. The number of hydrogen-bond acceptors (Lipinski definition) is 2. The fraction of sp³-hybridized carbons (Fsp3) is 0.316. The summed E-state index contributed by atoms with van der Waals surface area (Å²) in [5.41, 5.74) is 10.6. The van der Waals surface area contributed by atoms with Crippen LogP contribution >= 0.6 is 0 Å². The van der Waals surface area contributed by atoms with E-state index in [4.69, 9.17) is 5.73 Å². The summed E-state index contributed by atoms with van der Waals surface area (Å²) in [7, 11) is 0. The van der Waals surface area contributed by atoms with Crippen molar-refractivity contribution >= 4 is 17.0 Å². The summed E-state index contributed by atoms with van der Waals surface area (Å²) in [5, 5.41) is 10.6. The molecule has 3 rings (SSSR count). The van der Waals surface area contributed by atoms with Crippen molar-refractivity contribution in [1.82, 2.24) is 4.57 Å². The number of nitrogens with zero attached hydrogens (tertiary/aromatic N) is 2. The number of anilines is 1. The third-order valence-corrected chi connectivity index (χ3v) is 4.28. The zero-order chi connectivity index (χ0) is 16.4. The van der Waals surface area contributed by atoms with Crippen LogP contribution in [0.5, 0.6) is 0 Å². The predicted molar refractivity (Wildman–Crippen MR) is 93.0 cm³/mol. The Balaban J connectivity index is 1.99. The van der Waals surface area contributed by atoms with Gasteiger partial charge in [0.25, 0.3) is 0 Å². The minimum atomic E-state index is -0.580. The van der Waals surface area contributed by atoms with Gasteiger partial charge >= 0.3 is 5.95 Å². The maximum Gasteiger partial charge on any atom is 0.356 e. The lowest BCUT2D eigenvalue weighted by Gasteiger charge is -2.11. The fourth-order valence-electron chi connectivity index (χ4n) is 3.03. The van der Waals surface area contributed by atoms with Crippen LogP contribution in [0.15, 0.2) is 48.5 Å². The van der Waals surface area contributed by atoms with E-state index < -0.39 is 6.10 Å². The second-order valence-electron chi connectivity index (χ2n) is 6.04. The van der Waals surface area contributed by atoms with Crippen LogP contribution in [-0.2, 0) is 13.1 Å². The Labute approximate surface area is 136 Å². The van der Waals surface area contributed by atoms with Crippen molar-refractivity contribution in [3.05, 3.63) is 59.7 Å². The van der Waals surface area contributed by atoms with Crippen molar-refractivity contribution in [1.29, 1.82) is 0 Å². The number of nitrogens with two attached hydrogens (primary N) is 1. The molecular weight excluding hydrogens is 286 g/mol. The van der Waals surface area contributed by atoms with Crippen molar-refractivity contribution in [3.8, 4) is 0 Å². The lowest BCUT2D eigenvalue weighted by molar-refractivity contribution is -0.666. The van der Waals surface area contributed by atoms with Crippen molar-refractivity contribution in [2.45, 2.75) is 39.5 Å². The van der Waals surface area contributed by atoms with Crippen molar-refractivity contribution < 1.29 is 9.67 Å². The number of imidazole rings is 1. The standard InChI is InChI=1S/C19H23N3O/c1-3-12-21-16-6-4-5-7-17(16)22(19(21)20)13-18(23)15-10-8-14(2)9-11-15/h4-11,18,20,23H,3,12-13H2,1-2H3/p+1/t18-/m1/s1. The molecule has 0 radical (unpaired) electrons. The number of para-hydroxylation sites is 2. The van der Waals surface area contributed by atoms with E-state index >= 15 is 0 Å². The highest BCUT2D eigenvalue weighted by molar-refractivity contribution is 5.73. The number of fused-ring (bicyclic) bond motifs is 1. The number of aryl methyl sites for hydroxylation is 2. The average molecular weight is 310 g/mol. The van der Waals surface area contributed by atoms with Crippen LogP contribution in [0, 0.1) is 6.92 Å². The minimum absolute atomic E-state index is 0.451. The van der Waals surface area contributed by atoms with Gasteiger partial charge in [0.15, 0.2) is 0 Å². The second-order valence-corrected chi connectivity index (χ2v) is 6.04. The van der Waals surface area contributed by atoms with Crippen LogP contribution in [0.2, 0.25) is 0 Å². The summed E-state index contributed by atoms with van der Waals surface area (Å²) < 4.78 is 4.13. The van der Waals surface area contributed by atoms with Crippen LogP contribution in [0.4, 0.5) is 5.95 Å². The van der Waals surface area contributed by atoms with Crippen LogP contribution in [0.3, 0.4) is 0 Å². The smallest absolute Gasteiger partial charge is 0.356 e. The third kappa shape index (κ3) is 2.94. The van der Waals surface area contributed by atoms with Gasteiger partial charge in [-0.05, 0) is 31.0 Å². The van der Waals surface area contributed by atoms with Crippen molar-refractivity contribution in [2.24, 2.45) is 0 Å². The van der Waals surface area contributed by atoms with Crippen LogP contribution in [0.1, 0.15) is 30.6 Å². The zero-order valence-corrected chi connectivity index (χ0v) is 13.7. The van der Waals surface area contributed by atoms with Crippen LogP contribution in [0.25, 0.3) is 11.0 Å². The molecule has 120 valence electrons. The quantitative estimate of drug-likeness (QED) is 0.712. The Morgan fingerprint density at radius 2 is 1.83 bits per heavy atom. The minimum Gasteiger partial charge on any atom is -0.385 e. The first-order valence-corrected chi connectivity index (χ1v) is 8.13. The van der Waals surface area contributed by atoms with E-state index in [-0.39, 0.29) is 0 Å². The molecule has 0 saturated carbocycles. The van der Waals surface area contributed by atoms with Gasteiger partial charge in [0.1, 0.15) is 23.7 Å². The molecule has 0 amide bonds. The van der Waals surface area contributed by atoms with Gasteiger partial charge in [-0.2, -0.15) is 0 Å². The molecule has 4 nitrogen and oxygen atoms in total. The number of aromatic nitrogens is 2. The molecule has 2 aromatic carbocycles. The summed E-state index contributed by atoms with van der Waals surface area (Å²) in [4.78, 5) is 0. The molecule has 0 aliphatic carbocycles. The number of benzene rings is 2. The maximum atomic E-state index is 10.6. The summed E-state index contributed by atoms with van der Waals surface area (Å²) in [6.07, 6.45) is 0.437. The van der Waals surface area contributed by atoms with Gasteiger partial charge in [-0.3, -0.25) is 5.73 Å². The van der Waals surface area contributed by atoms with Crippen molar-refractivity contribution in [3.63, 3.8) is 0 Å². The van der Waals surface area contributed by atoms with Gasteiger partial charge in [0, 0.05) is 0 Å². The van der Waals surface area contributed by atoms with E-state index in [0.29, 0.717) is 12.5 Å². The Morgan fingerprint density at radius 3 is 2.52 bits per heavy atom. The molecule has 3 aromatic rings. The molecule has 23 heavy (non-hydrogen) atoms. The molecule has 0 fully saturated rings. The highest BCUT2D eigenvalue weighted by Gasteiger charge is 2.22. The Bertz CT molecular complexity index is 805. The lowest BCUT2D eigenvalue weighted by Crippen LogP contribution is -2.39. The maximum absolute atomic E-state index is 10.6. The van der Waals surface area contributed by atoms with Gasteiger partial charge in [-0.1, -0.05) is 48.9 Å². The molecule has 3 N–H and O–H groups in total. The average Bonchev–Trinajstić information content (AvgIpc) is 2.82. The molecule has 0 aliphatic heterocycles. The first-order chi connectivity index (χ1) is 11.1. The molecule has 1 atom stereocenters. The van der Waals surface area contributed by atoms with Crippen LogP contribution < -0.4 is 10.3 Å². The predicted octanol–water partition coefficient (Wildman–Crippen LogP) is 2.96. The molecule has 0 spiro atoms. The first kappa shape index (κ1) is 15.6. The highest BCUT2D eigenvalue weighted by Crippen LogP contribution is 2.20. The largest absolute Gasteiger partial charge is 0.385 e. The monoisotopic (exact) mass is 310 g/mol. The molecule has 0 saturated heterocycles. The summed E-state index contributed by atoms with van der Waals surface area (Å²) in [5.74, 6) is 0.694. The molecule has 1 aromatic heterocycles. The highest BCUT2D eigenvalue weighted by atomic mass is 16.3. The number of nitrogen functional groups attached to an aromatic ring is 1. The zero-order valence-electron chi connectivity index (χ0n) is 13.7. The second kappa shape index (κ2) is 6.42. The SMILES string of the molecule is CCCn1c(N)[n+](C[C@@H](O)c2ccc(C)cc2)c2ccccc21. The molecule has 0 aliphatic rings. The lowest BCUT2D eigenvalue weighted by atomic mass is 10.1. The van der Waals surface area contributed by atoms with E-state index in [0.717, 1.165) is 29.6 Å². The first-order valence-electron chi connectivity index (χ1n) is 8.13. The van der Waals surface area contributed by atoms with Gasteiger partial charge in [0.2, 0.25) is 0 Å².